The number of benzene rings is 1. The Morgan fingerprint density at radius 2 is 2.13 bits per heavy atom. The molecule has 0 saturated carbocycles. The second-order valence-corrected chi connectivity index (χ2v) is 8.84. The van der Waals surface area contributed by atoms with Gasteiger partial charge < -0.3 is 10.6 Å². The SMILES string of the molecule is CC(C)=CCC1NCCc2cc(Nc3ncc(C)c(-c4cnn(C(C)C)c4)n3)ccc21. The number of anilines is 2. The molecule has 1 aliphatic rings. The molecule has 0 saturated heterocycles. The molecule has 31 heavy (non-hydrogen) atoms. The van der Waals surface area contributed by atoms with Crippen LogP contribution >= 0.6 is 0 Å². The molecule has 0 radical (unpaired) electrons. The van der Waals surface area contributed by atoms with Crippen LogP contribution in [-0.4, -0.2) is 26.3 Å². The maximum absolute atomic E-state index is 4.79. The normalized spacial score (nSPS) is 15.6. The molecule has 1 aromatic carbocycles. The summed E-state index contributed by atoms with van der Waals surface area (Å²) in [7, 11) is 0. The van der Waals surface area contributed by atoms with Gasteiger partial charge in [-0.2, -0.15) is 5.10 Å². The summed E-state index contributed by atoms with van der Waals surface area (Å²) in [6.07, 6.45) is 10.2. The standard InChI is InChI=1S/C25H32N6/c1-16(2)6-9-23-22-8-7-21(12-19(22)10-11-26-23)29-25-27-13-18(5)24(30-25)20-14-28-31(15-20)17(3)4/h6-8,12-15,17,23,26H,9-11H2,1-5H3,(H,27,29,30). The molecule has 3 aromatic rings. The number of nitrogens with zero attached hydrogens (tertiary/aromatic N) is 4. The maximum atomic E-state index is 4.79. The number of hydrogen-bond donors (Lipinski definition) is 2. The highest BCUT2D eigenvalue weighted by atomic mass is 15.3. The monoisotopic (exact) mass is 416 g/mol. The summed E-state index contributed by atoms with van der Waals surface area (Å²) in [6.45, 7) is 11.6. The van der Waals surface area contributed by atoms with Crippen molar-refractivity contribution >= 4 is 11.6 Å². The first-order chi connectivity index (χ1) is 14.9. The van der Waals surface area contributed by atoms with Crippen LogP contribution in [0.1, 0.15) is 62.9 Å². The lowest BCUT2D eigenvalue weighted by Gasteiger charge is -2.27. The smallest absolute Gasteiger partial charge is 0.227 e. The predicted octanol–water partition coefficient (Wildman–Crippen LogP) is 5.52. The summed E-state index contributed by atoms with van der Waals surface area (Å²) in [4.78, 5) is 9.30. The van der Waals surface area contributed by atoms with Crippen LogP contribution < -0.4 is 10.6 Å². The largest absolute Gasteiger partial charge is 0.324 e. The molecule has 0 bridgehead atoms. The quantitative estimate of drug-likeness (QED) is 0.518. The fourth-order valence-corrected chi connectivity index (χ4v) is 3.96. The maximum Gasteiger partial charge on any atom is 0.227 e. The molecule has 4 rings (SSSR count). The van der Waals surface area contributed by atoms with Crippen molar-refractivity contribution in [2.75, 3.05) is 11.9 Å². The summed E-state index contributed by atoms with van der Waals surface area (Å²) in [5.41, 5.74) is 8.12. The highest BCUT2D eigenvalue weighted by molar-refractivity contribution is 5.64. The van der Waals surface area contributed by atoms with E-state index in [4.69, 9.17) is 4.98 Å². The van der Waals surface area contributed by atoms with Crippen molar-refractivity contribution in [1.29, 1.82) is 0 Å². The number of nitrogens with one attached hydrogen (secondary N) is 2. The van der Waals surface area contributed by atoms with Crippen LogP contribution in [0.5, 0.6) is 0 Å². The third-order valence-corrected chi connectivity index (χ3v) is 5.70. The zero-order valence-corrected chi connectivity index (χ0v) is 19.1. The fourth-order valence-electron chi connectivity index (χ4n) is 3.96. The third-order valence-electron chi connectivity index (χ3n) is 5.70. The van der Waals surface area contributed by atoms with Crippen LogP contribution in [0.4, 0.5) is 11.6 Å². The highest BCUT2D eigenvalue weighted by Gasteiger charge is 2.19. The van der Waals surface area contributed by atoms with Crippen molar-refractivity contribution in [3.05, 3.63) is 65.1 Å². The lowest BCUT2D eigenvalue weighted by atomic mass is 9.91. The molecular weight excluding hydrogens is 384 g/mol. The molecule has 0 spiro atoms. The summed E-state index contributed by atoms with van der Waals surface area (Å²) < 4.78 is 1.95. The molecule has 1 unspecified atom stereocenters. The van der Waals surface area contributed by atoms with Crippen LogP contribution in [0.3, 0.4) is 0 Å². The summed E-state index contributed by atoms with van der Waals surface area (Å²) in [6, 6.07) is 7.30. The fraction of sp³-hybridized carbons (Fsp3) is 0.400. The van der Waals surface area contributed by atoms with Gasteiger partial charge in [-0.1, -0.05) is 17.7 Å². The number of aromatic nitrogens is 4. The Bertz CT molecular complexity index is 1090. The average Bonchev–Trinajstić information content (AvgIpc) is 3.24. The van der Waals surface area contributed by atoms with Gasteiger partial charge in [-0.25, -0.2) is 9.97 Å². The van der Waals surface area contributed by atoms with E-state index < -0.39 is 0 Å². The van der Waals surface area contributed by atoms with E-state index >= 15 is 0 Å². The number of allylic oxidation sites excluding steroid dienone is 1. The molecular formula is C25H32N6. The molecule has 0 fully saturated rings. The van der Waals surface area contributed by atoms with Crippen LogP contribution in [0.2, 0.25) is 0 Å². The van der Waals surface area contributed by atoms with E-state index in [9.17, 15) is 0 Å². The Kier molecular flexibility index (Phi) is 6.18. The van der Waals surface area contributed by atoms with Crippen LogP contribution in [0, 0.1) is 6.92 Å². The zero-order valence-electron chi connectivity index (χ0n) is 19.1. The molecule has 6 heteroatoms. The van der Waals surface area contributed by atoms with Crippen LogP contribution in [-0.2, 0) is 6.42 Å². The molecule has 0 amide bonds. The van der Waals surface area contributed by atoms with E-state index in [2.05, 4.69) is 72.7 Å². The molecule has 1 aliphatic heterocycles. The van der Waals surface area contributed by atoms with Crippen molar-refractivity contribution in [3.63, 3.8) is 0 Å². The van der Waals surface area contributed by atoms with Crippen molar-refractivity contribution in [2.45, 2.75) is 59.5 Å². The highest BCUT2D eigenvalue weighted by Crippen LogP contribution is 2.30. The molecule has 2 N–H and O–H groups in total. The van der Waals surface area contributed by atoms with E-state index in [1.165, 1.54) is 16.7 Å². The number of rotatable bonds is 6. The predicted molar refractivity (Wildman–Crippen MR) is 127 cm³/mol. The second kappa shape index (κ2) is 9.02. The Hall–Kier alpha value is -2.99. The first-order valence-corrected chi connectivity index (χ1v) is 11.1. The van der Waals surface area contributed by atoms with Crippen molar-refractivity contribution in [3.8, 4) is 11.3 Å². The molecule has 2 aromatic heterocycles. The van der Waals surface area contributed by atoms with Gasteiger partial charge in [0.15, 0.2) is 0 Å². The van der Waals surface area contributed by atoms with Crippen molar-refractivity contribution < 1.29 is 0 Å². The molecule has 6 nitrogen and oxygen atoms in total. The van der Waals surface area contributed by atoms with E-state index in [1.54, 1.807) is 0 Å². The van der Waals surface area contributed by atoms with E-state index in [0.717, 1.165) is 41.9 Å². The lowest BCUT2D eigenvalue weighted by Crippen LogP contribution is -2.29. The number of hydrogen-bond acceptors (Lipinski definition) is 5. The van der Waals surface area contributed by atoms with Gasteiger partial charge in [0.25, 0.3) is 0 Å². The van der Waals surface area contributed by atoms with Gasteiger partial charge in [0.2, 0.25) is 5.95 Å². The number of fused-ring (bicyclic) bond motifs is 1. The van der Waals surface area contributed by atoms with Gasteiger partial charge in [-0.3, -0.25) is 4.68 Å². The van der Waals surface area contributed by atoms with Crippen LogP contribution in [0.25, 0.3) is 11.3 Å². The zero-order chi connectivity index (χ0) is 22.0. The van der Waals surface area contributed by atoms with E-state index in [-0.39, 0.29) is 0 Å². The molecule has 0 aliphatic carbocycles. The summed E-state index contributed by atoms with van der Waals surface area (Å²) in [5.74, 6) is 0.605. The Morgan fingerprint density at radius 1 is 1.29 bits per heavy atom. The summed E-state index contributed by atoms with van der Waals surface area (Å²) in [5, 5.41) is 11.5. The summed E-state index contributed by atoms with van der Waals surface area (Å²) >= 11 is 0. The Morgan fingerprint density at radius 3 is 2.87 bits per heavy atom. The van der Waals surface area contributed by atoms with Crippen molar-refractivity contribution in [1.82, 2.24) is 25.1 Å². The second-order valence-electron chi connectivity index (χ2n) is 8.84. The molecule has 162 valence electrons. The van der Waals surface area contributed by atoms with E-state index in [1.807, 2.05) is 30.2 Å². The van der Waals surface area contributed by atoms with Gasteiger partial charge in [0.1, 0.15) is 0 Å². The van der Waals surface area contributed by atoms with Gasteiger partial charge in [0.05, 0.1) is 11.9 Å². The van der Waals surface area contributed by atoms with Gasteiger partial charge in [-0.15, -0.1) is 0 Å². The first kappa shape index (κ1) is 21.2. The minimum absolute atomic E-state index is 0.319. The minimum Gasteiger partial charge on any atom is -0.324 e. The van der Waals surface area contributed by atoms with Crippen molar-refractivity contribution in [2.24, 2.45) is 0 Å². The van der Waals surface area contributed by atoms with Gasteiger partial charge in [0, 0.05) is 35.7 Å². The first-order valence-electron chi connectivity index (χ1n) is 11.1. The third kappa shape index (κ3) is 4.85. The van der Waals surface area contributed by atoms with E-state index in [0.29, 0.717) is 18.0 Å². The Labute approximate surface area is 184 Å². The topological polar surface area (TPSA) is 67.7 Å². The lowest BCUT2D eigenvalue weighted by molar-refractivity contribution is 0.509. The van der Waals surface area contributed by atoms with Gasteiger partial charge >= 0.3 is 0 Å². The minimum atomic E-state index is 0.319. The molecule has 1 atom stereocenters. The molecule has 3 heterocycles. The van der Waals surface area contributed by atoms with Crippen LogP contribution in [0.15, 0.2) is 48.4 Å². The average molecular weight is 417 g/mol. The van der Waals surface area contributed by atoms with Gasteiger partial charge in [-0.05, 0) is 82.8 Å². The number of aryl methyl sites for hydroxylation is 1. The Balaban J connectivity index is 1.56.